The lowest BCUT2D eigenvalue weighted by atomic mass is 10.1. The van der Waals surface area contributed by atoms with Gasteiger partial charge in [-0.05, 0) is 24.3 Å². The van der Waals surface area contributed by atoms with Crippen LogP contribution in [-0.2, 0) is 4.79 Å². The molecule has 0 atom stereocenters. The van der Waals surface area contributed by atoms with Crippen molar-refractivity contribution < 1.29 is 27.6 Å². The first kappa shape index (κ1) is 16.5. The number of nitrogens with one attached hydrogen (secondary N) is 1. The van der Waals surface area contributed by atoms with Crippen LogP contribution in [-0.4, -0.2) is 29.2 Å². The number of fused-ring (bicyclic) bond motifs is 1. The van der Waals surface area contributed by atoms with Crippen LogP contribution in [0.4, 0.5) is 24.5 Å². The number of nitrogen functional groups attached to an aromatic ring is 1. The van der Waals surface area contributed by atoms with Gasteiger partial charge >= 0.3 is 0 Å². The maximum absolute atomic E-state index is 13.6. The largest absolute Gasteiger partial charge is 0.398 e. The van der Waals surface area contributed by atoms with Crippen LogP contribution in [0.25, 0.3) is 0 Å². The van der Waals surface area contributed by atoms with Gasteiger partial charge in [0.05, 0.1) is 16.8 Å². The second-order valence-corrected chi connectivity index (χ2v) is 5.24. The van der Waals surface area contributed by atoms with Crippen LogP contribution in [0.3, 0.4) is 0 Å². The van der Waals surface area contributed by atoms with E-state index in [1.165, 1.54) is 18.2 Å². The van der Waals surface area contributed by atoms with E-state index >= 15 is 0 Å². The van der Waals surface area contributed by atoms with Crippen LogP contribution in [0.1, 0.15) is 20.7 Å². The summed E-state index contributed by atoms with van der Waals surface area (Å²) in [6, 6.07) is 5.77. The second-order valence-electron chi connectivity index (χ2n) is 5.24. The highest BCUT2D eigenvalue weighted by molar-refractivity contribution is 6.24. The van der Waals surface area contributed by atoms with Crippen molar-refractivity contribution in [1.82, 2.24) is 4.90 Å². The smallest absolute Gasteiger partial charge is 0.264 e. The molecule has 3 amide bonds. The summed E-state index contributed by atoms with van der Waals surface area (Å²) in [7, 11) is 0. The molecule has 0 saturated carbocycles. The van der Waals surface area contributed by atoms with Crippen LogP contribution in [0.15, 0.2) is 30.3 Å². The number of halogens is 3. The van der Waals surface area contributed by atoms with Crippen molar-refractivity contribution >= 4 is 29.1 Å². The average molecular weight is 349 g/mol. The molecule has 0 aromatic heterocycles. The number of carbonyl (C=O) groups is 3. The van der Waals surface area contributed by atoms with Crippen molar-refractivity contribution in [2.45, 2.75) is 0 Å². The van der Waals surface area contributed by atoms with Crippen molar-refractivity contribution in [2.24, 2.45) is 0 Å². The number of benzene rings is 2. The fourth-order valence-electron chi connectivity index (χ4n) is 2.46. The summed E-state index contributed by atoms with van der Waals surface area (Å²) in [5, 5.41) is 1.99. The Hall–Kier alpha value is -3.36. The summed E-state index contributed by atoms with van der Waals surface area (Å²) in [5.41, 5.74) is 5.18. The van der Waals surface area contributed by atoms with Gasteiger partial charge in [0.2, 0.25) is 5.91 Å². The van der Waals surface area contributed by atoms with E-state index in [4.69, 9.17) is 5.73 Å². The Labute approximate surface area is 139 Å². The van der Waals surface area contributed by atoms with E-state index in [9.17, 15) is 27.6 Å². The van der Waals surface area contributed by atoms with Crippen molar-refractivity contribution in [3.63, 3.8) is 0 Å². The molecule has 9 heteroatoms. The number of imide groups is 1. The third kappa shape index (κ3) is 2.69. The molecule has 2 aromatic carbocycles. The lowest BCUT2D eigenvalue weighted by Crippen LogP contribution is -2.37. The monoisotopic (exact) mass is 349 g/mol. The quantitative estimate of drug-likeness (QED) is 0.503. The SMILES string of the molecule is Nc1cccc2c1C(=O)N(CC(=O)Nc1ccc(F)c(F)c1F)C2=O. The van der Waals surface area contributed by atoms with E-state index in [2.05, 4.69) is 0 Å². The zero-order valence-electron chi connectivity index (χ0n) is 12.5. The van der Waals surface area contributed by atoms with Gasteiger partial charge in [-0.3, -0.25) is 19.3 Å². The molecule has 6 nitrogen and oxygen atoms in total. The molecular weight excluding hydrogens is 339 g/mol. The fourth-order valence-corrected chi connectivity index (χ4v) is 2.46. The zero-order valence-corrected chi connectivity index (χ0v) is 12.5. The Morgan fingerprint density at radius 2 is 1.76 bits per heavy atom. The summed E-state index contributed by atoms with van der Waals surface area (Å²) in [6.07, 6.45) is 0. The van der Waals surface area contributed by atoms with Gasteiger partial charge in [-0.1, -0.05) is 6.07 Å². The van der Waals surface area contributed by atoms with Gasteiger partial charge in [-0.2, -0.15) is 0 Å². The van der Waals surface area contributed by atoms with Crippen molar-refractivity contribution in [3.05, 3.63) is 58.9 Å². The van der Waals surface area contributed by atoms with Crippen LogP contribution in [0, 0.1) is 17.5 Å². The number of nitrogens with two attached hydrogens (primary N) is 1. The topological polar surface area (TPSA) is 92.5 Å². The first-order chi connectivity index (χ1) is 11.8. The molecule has 0 unspecified atom stereocenters. The van der Waals surface area contributed by atoms with Crippen LogP contribution in [0.2, 0.25) is 0 Å². The summed E-state index contributed by atoms with van der Waals surface area (Å²) in [6.45, 7) is -0.732. The highest BCUT2D eigenvalue weighted by Gasteiger charge is 2.38. The third-order valence-corrected chi connectivity index (χ3v) is 3.64. The van der Waals surface area contributed by atoms with E-state index in [-0.39, 0.29) is 16.8 Å². The summed E-state index contributed by atoms with van der Waals surface area (Å²) < 4.78 is 39.6. The average Bonchev–Trinajstić information content (AvgIpc) is 2.81. The van der Waals surface area contributed by atoms with Gasteiger partial charge in [0, 0.05) is 5.69 Å². The minimum Gasteiger partial charge on any atom is -0.398 e. The Kier molecular flexibility index (Phi) is 3.91. The Bertz CT molecular complexity index is 930. The number of carbonyl (C=O) groups excluding carboxylic acids is 3. The molecule has 0 spiro atoms. The zero-order chi connectivity index (χ0) is 18.3. The van der Waals surface area contributed by atoms with Crippen molar-refractivity contribution in [2.75, 3.05) is 17.6 Å². The van der Waals surface area contributed by atoms with Gasteiger partial charge in [0.15, 0.2) is 17.5 Å². The summed E-state index contributed by atoms with van der Waals surface area (Å²) >= 11 is 0. The molecule has 0 radical (unpaired) electrons. The van der Waals surface area contributed by atoms with Gasteiger partial charge in [0.25, 0.3) is 11.8 Å². The lowest BCUT2D eigenvalue weighted by molar-refractivity contribution is -0.116. The van der Waals surface area contributed by atoms with Gasteiger partial charge in [-0.15, -0.1) is 0 Å². The number of rotatable bonds is 3. The standard InChI is InChI=1S/C16H10F3N3O3/c17-8-4-5-10(14(19)13(8)18)21-11(23)6-22-15(24)7-2-1-3-9(20)12(7)16(22)25/h1-5H,6,20H2,(H,21,23). The molecule has 0 saturated heterocycles. The van der Waals surface area contributed by atoms with Crippen molar-refractivity contribution in [1.29, 1.82) is 0 Å². The van der Waals surface area contributed by atoms with Crippen LogP contribution < -0.4 is 11.1 Å². The first-order valence-electron chi connectivity index (χ1n) is 6.99. The molecule has 1 heterocycles. The highest BCUT2D eigenvalue weighted by Crippen LogP contribution is 2.27. The van der Waals surface area contributed by atoms with E-state index in [1.807, 2.05) is 5.32 Å². The van der Waals surface area contributed by atoms with E-state index in [0.717, 1.165) is 6.07 Å². The molecule has 0 aliphatic carbocycles. The Morgan fingerprint density at radius 1 is 1.04 bits per heavy atom. The Morgan fingerprint density at radius 3 is 2.44 bits per heavy atom. The summed E-state index contributed by atoms with van der Waals surface area (Å²) in [5.74, 6) is -7.19. The van der Waals surface area contributed by atoms with Crippen LogP contribution >= 0.6 is 0 Å². The molecule has 1 aliphatic rings. The number of hydrogen-bond acceptors (Lipinski definition) is 4. The minimum atomic E-state index is -1.74. The molecule has 0 fully saturated rings. The third-order valence-electron chi connectivity index (χ3n) is 3.64. The van der Waals surface area contributed by atoms with Gasteiger partial charge in [0.1, 0.15) is 6.54 Å². The molecular formula is C16H10F3N3O3. The molecule has 0 bridgehead atoms. The second kappa shape index (κ2) is 5.93. The maximum Gasteiger partial charge on any atom is 0.264 e. The lowest BCUT2D eigenvalue weighted by Gasteiger charge is -2.14. The maximum atomic E-state index is 13.6. The van der Waals surface area contributed by atoms with Gasteiger partial charge < -0.3 is 11.1 Å². The van der Waals surface area contributed by atoms with E-state index < -0.39 is 47.4 Å². The molecule has 128 valence electrons. The van der Waals surface area contributed by atoms with E-state index in [1.54, 1.807) is 0 Å². The normalized spacial score (nSPS) is 13.2. The van der Waals surface area contributed by atoms with Gasteiger partial charge in [-0.25, -0.2) is 13.2 Å². The molecule has 3 rings (SSSR count). The fraction of sp³-hybridized carbons (Fsp3) is 0.0625. The first-order valence-corrected chi connectivity index (χ1v) is 6.99. The highest BCUT2D eigenvalue weighted by atomic mass is 19.2. The number of hydrogen-bond donors (Lipinski definition) is 2. The van der Waals surface area contributed by atoms with E-state index in [0.29, 0.717) is 11.0 Å². The number of nitrogens with zero attached hydrogens (tertiary/aromatic N) is 1. The number of amides is 3. The Balaban J connectivity index is 1.79. The predicted molar refractivity (Wildman–Crippen MR) is 81.2 cm³/mol. The van der Waals surface area contributed by atoms with Crippen LogP contribution in [0.5, 0.6) is 0 Å². The molecule has 1 aliphatic heterocycles. The molecule has 3 N–H and O–H groups in total. The summed E-state index contributed by atoms with van der Waals surface area (Å²) in [4.78, 5) is 37.0. The number of anilines is 2. The van der Waals surface area contributed by atoms with Crippen molar-refractivity contribution in [3.8, 4) is 0 Å². The molecule has 25 heavy (non-hydrogen) atoms. The predicted octanol–water partition coefficient (Wildman–Crippen LogP) is 1.92. The minimum absolute atomic E-state index is 0.0145. The molecule has 2 aromatic rings.